The highest BCUT2D eigenvalue weighted by molar-refractivity contribution is 6.66. The maximum absolute atomic E-state index is 5.79. The lowest BCUT2D eigenvalue weighted by molar-refractivity contribution is -0.668. The van der Waals surface area contributed by atoms with Gasteiger partial charge in [0.2, 0.25) is 5.52 Å². The minimum atomic E-state index is -1.80. The Hall–Kier alpha value is -1.48. The second kappa shape index (κ2) is 6.33. The smallest absolute Gasteiger partial charge is 0.372 e. The van der Waals surface area contributed by atoms with Crippen molar-refractivity contribution in [3.05, 3.63) is 72.3 Å². The van der Waals surface area contributed by atoms with E-state index in [1.54, 1.807) is 0 Å². The Morgan fingerprint density at radius 1 is 0.818 bits per heavy atom. The fraction of sp³-hybridized carbons (Fsp3) is 0.118. The van der Waals surface area contributed by atoms with E-state index in [1.807, 2.05) is 71.3 Å². The summed E-state index contributed by atoms with van der Waals surface area (Å²) in [6.45, 7) is 0.623. The van der Waals surface area contributed by atoms with Crippen LogP contribution in [0.5, 0.6) is 5.88 Å². The first kappa shape index (κ1) is 15.4. The van der Waals surface area contributed by atoms with Gasteiger partial charge in [0, 0.05) is 17.0 Å². The van der Waals surface area contributed by atoms with Crippen molar-refractivity contribution in [2.75, 3.05) is 0 Å². The number of ether oxygens (including phenoxy) is 1. The average molecular weight is 354 g/mol. The molecule has 0 atom stereocenters. The predicted molar refractivity (Wildman–Crippen MR) is 90.6 cm³/mol. The molecule has 1 heterocycles. The fourth-order valence-corrected chi connectivity index (χ4v) is 2.62. The van der Waals surface area contributed by atoms with Gasteiger partial charge >= 0.3 is 9.86 Å². The zero-order valence-corrected chi connectivity index (χ0v) is 13.8. The summed E-state index contributed by atoms with van der Waals surface area (Å²) in [6.07, 6.45) is 0. The van der Waals surface area contributed by atoms with Crippen molar-refractivity contribution in [2.24, 2.45) is 0 Å². The molecule has 3 aromatic rings. The van der Waals surface area contributed by atoms with Gasteiger partial charge in [0.05, 0.1) is 6.07 Å². The minimum absolute atomic E-state index is 0.502. The van der Waals surface area contributed by atoms with E-state index >= 15 is 0 Å². The van der Waals surface area contributed by atoms with E-state index in [0.717, 1.165) is 16.5 Å². The third-order valence-electron chi connectivity index (χ3n) is 3.30. The number of rotatable bonds is 3. The lowest BCUT2D eigenvalue weighted by Crippen LogP contribution is -2.39. The maximum atomic E-state index is 5.79. The van der Waals surface area contributed by atoms with Crippen molar-refractivity contribution < 1.29 is 9.30 Å². The summed E-state index contributed by atoms with van der Waals surface area (Å²) in [6, 6.07) is 21.9. The molecule has 3 rings (SSSR count). The fourth-order valence-electron chi connectivity index (χ4n) is 2.38. The molecule has 0 amide bonds. The zero-order valence-electron chi connectivity index (χ0n) is 11.5. The number of fused-ring (bicyclic) bond motifs is 1. The largest absolute Gasteiger partial charge is 0.393 e. The van der Waals surface area contributed by atoms with E-state index < -0.39 is 3.98 Å². The Morgan fingerprint density at radius 3 is 2.23 bits per heavy atom. The van der Waals surface area contributed by atoms with Crippen molar-refractivity contribution in [1.82, 2.24) is 0 Å². The highest BCUT2D eigenvalue weighted by Gasteiger charge is 2.28. The zero-order chi connectivity index (χ0) is 15.6. The molecule has 0 spiro atoms. The van der Waals surface area contributed by atoms with Gasteiger partial charge in [-0.3, -0.25) is 0 Å². The lowest BCUT2D eigenvalue weighted by Gasteiger charge is -2.13. The van der Waals surface area contributed by atoms with E-state index in [0.29, 0.717) is 12.4 Å². The Labute approximate surface area is 143 Å². The van der Waals surface area contributed by atoms with Crippen LogP contribution >= 0.6 is 34.8 Å². The minimum Gasteiger partial charge on any atom is -0.393 e. The van der Waals surface area contributed by atoms with Crippen LogP contribution in [0, 0.1) is 0 Å². The van der Waals surface area contributed by atoms with E-state index in [-0.39, 0.29) is 0 Å². The van der Waals surface area contributed by atoms with Gasteiger partial charge in [-0.15, -0.1) is 0 Å². The number of pyridine rings is 1. The summed E-state index contributed by atoms with van der Waals surface area (Å²) in [5.41, 5.74) is 2.15. The average Bonchev–Trinajstić information content (AvgIpc) is 2.49. The molecule has 0 N–H and O–H groups in total. The lowest BCUT2D eigenvalue weighted by atomic mass is 10.2. The summed E-state index contributed by atoms with van der Waals surface area (Å²) in [5.74, 6) is 0.502. The third kappa shape index (κ3) is 3.64. The van der Waals surface area contributed by atoms with Gasteiger partial charge in [-0.25, -0.2) is 0 Å². The molecule has 0 fully saturated rings. The standard InChI is InChI=1S/C17H13Cl3NO/c18-17(19,20)22-16-11-10-14-8-4-5-9-15(14)21(16)12-13-6-2-1-3-7-13/h1-11H,12H2/q+1. The van der Waals surface area contributed by atoms with Crippen molar-refractivity contribution in [2.45, 2.75) is 10.5 Å². The number of nitrogens with zero attached hydrogens (tertiary/aromatic N) is 1. The summed E-state index contributed by atoms with van der Waals surface area (Å²) in [4.78, 5) is 0. The van der Waals surface area contributed by atoms with E-state index in [4.69, 9.17) is 39.5 Å². The molecule has 0 unspecified atom stereocenters. The van der Waals surface area contributed by atoms with Crippen LogP contribution in [-0.4, -0.2) is 3.98 Å². The first-order chi connectivity index (χ1) is 10.5. The molecular weight excluding hydrogens is 341 g/mol. The monoisotopic (exact) mass is 352 g/mol. The number of hydrogen-bond donors (Lipinski definition) is 0. The highest BCUT2D eigenvalue weighted by Crippen LogP contribution is 2.29. The van der Waals surface area contributed by atoms with Crippen molar-refractivity contribution in [3.63, 3.8) is 0 Å². The van der Waals surface area contributed by atoms with Crippen LogP contribution in [0.2, 0.25) is 0 Å². The summed E-state index contributed by atoms with van der Waals surface area (Å²) in [5, 5.41) is 1.09. The maximum Gasteiger partial charge on any atom is 0.372 e. The molecule has 5 heteroatoms. The summed E-state index contributed by atoms with van der Waals surface area (Å²) in [7, 11) is 0. The van der Waals surface area contributed by atoms with Crippen LogP contribution in [0.4, 0.5) is 0 Å². The Balaban J connectivity index is 2.12. The molecule has 2 nitrogen and oxygen atoms in total. The Morgan fingerprint density at radius 2 is 1.50 bits per heavy atom. The molecule has 0 bridgehead atoms. The first-order valence-corrected chi connectivity index (χ1v) is 7.87. The topological polar surface area (TPSA) is 13.1 Å². The highest BCUT2D eigenvalue weighted by atomic mass is 35.6. The molecule has 0 aliphatic carbocycles. The number of halogens is 3. The second-order valence-corrected chi connectivity index (χ2v) is 7.03. The van der Waals surface area contributed by atoms with Gasteiger partial charge in [-0.05, 0) is 46.9 Å². The molecule has 0 radical (unpaired) electrons. The van der Waals surface area contributed by atoms with Crippen LogP contribution in [-0.2, 0) is 6.54 Å². The summed E-state index contributed by atoms with van der Waals surface area (Å²) >= 11 is 17.4. The SMILES string of the molecule is ClC(Cl)(Cl)Oc1ccc2ccccc2[n+]1Cc1ccccc1. The number of benzene rings is 2. The summed E-state index contributed by atoms with van der Waals surface area (Å²) < 4.78 is 5.66. The molecule has 22 heavy (non-hydrogen) atoms. The molecule has 112 valence electrons. The van der Waals surface area contributed by atoms with Crippen LogP contribution in [0.15, 0.2) is 66.7 Å². The Bertz CT molecular complexity index is 785. The quantitative estimate of drug-likeness (QED) is 0.483. The van der Waals surface area contributed by atoms with E-state index in [2.05, 4.69) is 0 Å². The molecule has 0 aliphatic rings. The molecule has 0 aliphatic heterocycles. The van der Waals surface area contributed by atoms with Crippen molar-refractivity contribution in [3.8, 4) is 5.88 Å². The van der Waals surface area contributed by atoms with Gasteiger partial charge in [-0.1, -0.05) is 42.5 Å². The van der Waals surface area contributed by atoms with Gasteiger partial charge in [-0.2, -0.15) is 4.57 Å². The Kier molecular flexibility index (Phi) is 4.44. The van der Waals surface area contributed by atoms with Gasteiger partial charge in [0.1, 0.15) is 0 Å². The van der Waals surface area contributed by atoms with E-state index in [1.165, 1.54) is 0 Å². The molecular formula is C17H13Cl3NO+. The number of aromatic nitrogens is 1. The van der Waals surface area contributed by atoms with Crippen molar-refractivity contribution in [1.29, 1.82) is 0 Å². The number of hydrogen-bond acceptors (Lipinski definition) is 1. The molecule has 1 aromatic heterocycles. The van der Waals surface area contributed by atoms with Crippen LogP contribution in [0.1, 0.15) is 5.56 Å². The van der Waals surface area contributed by atoms with E-state index in [9.17, 15) is 0 Å². The van der Waals surface area contributed by atoms with Gasteiger partial charge in [0.25, 0.3) is 0 Å². The van der Waals surface area contributed by atoms with Gasteiger partial charge in [0.15, 0.2) is 6.54 Å². The molecule has 0 saturated carbocycles. The number of para-hydroxylation sites is 1. The third-order valence-corrected chi connectivity index (χ3v) is 3.53. The second-order valence-electron chi connectivity index (χ2n) is 4.85. The van der Waals surface area contributed by atoms with Crippen molar-refractivity contribution >= 4 is 45.7 Å². The van der Waals surface area contributed by atoms with Crippen LogP contribution in [0.25, 0.3) is 10.9 Å². The van der Waals surface area contributed by atoms with Crippen LogP contribution < -0.4 is 9.30 Å². The predicted octanol–water partition coefficient (Wildman–Crippen LogP) is 4.88. The first-order valence-electron chi connectivity index (χ1n) is 6.74. The molecule has 2 aromatic carbocycles. The van der Waals surface area contributed by atoms with Crippen LogP contribution in [0.3, 0.4) is 0 Å². The number of alkyl halides is 3. The normalized spacial score (nSPS) is 11.6. The molecule has 0 saturated heterocycles. The van der Waals surface area contributed by atoms with Gasteiger partial charge < -0.3 is 4.74 Å².